The third kappa shape index (κ3) is 4.93. The van der Waals surface area contributed by atoms with E-state index in [0.717, 1.165) is 22.8 Å². The fourth-order valence-corrected chi connectivity index (χ4v) is 2.49. The molecule has 0 aliphatic carbocycles. The van der Waals surface area contributed by atoms with Gasteiger partial charge in [0.25, 0.3) is 0 Å². The average molecular weight is 342 g/mol. The molecule has 3 rings (SSSR count). The highest BCUT2D eigenvalue weighted by atomic mass is 14.8. The third-order valence-electron chi connectivity index (χ3n) is 4.09. The second-order valence-electron chi connectivity index (χ2n) is 6.05. The van der Waals surface area contributed by atoms with Gasteiger partial charge in [-0.2, -0.15) is 0 Å². The van der Waals surface area contributed by atoms with Gasteiger partial charge in [-0.3, -0.25) is 20.0 Å². The first-order valence-electron chi connectivity index (χ1n) is 8.65. The van der Waals surface area contributed by atoms with Crippen LogP contribution in [0, 0.1) is 0 Å². The molecule has 2 aromatic heterocycles. The van der Waals surface area contributed by atoms with E-state index in [1.807, 2.05) is 50.2 Å². The summed E-state index contributed by atoms with van der Waals surface area (Å²) >= 11 is 0. The van der Waals surface area contributed by atoms with Crippen LogP contribution in [0.25, 0.3) is 0 Å². The average Bonchev–Trinajstić information content (AvgIpc) is 2.72. The lowest BCUT2D eigenvalue weighted by Gasteiger charge is -2.03. The summed E-state index contributed by atoms with van der Waals surface area (Å²) in [5, 5.41) is 0. The molecule has 1 aromatic carbocycles. The van der Waals surface area contributed by atoms with E-state index in [9.17, 15) is 0 Å². The Labute approximate surface area is 154 Å². The first-order valence-corrected chi connectivity index (χ1v) is 8.65. The lowest BCUT2D eigenvalue weighted by molar-refractivity contribution is 1.03. The second kappa shape index (κ2) is 8.81. The van der Waals surface area contributed by atoms with E-state index >= 15 is 0 Å². The smallest absolute Gasteiger partial charge is 0.0837 e. The zero-order valence-electron chi connectivity index (χ0n) is 15.1. The van der Waals surface area contributed by atoms with Crippen LogP contribution in [0.4, 0.5) is 0 Å². The van der Waals surface area contributed by atoms with E-state index in [0.29, 0.717) is 13.1 Å². The molecule has 0 aliphatic rings. The van der Waals surface area contributed by atoms with Crippen LogP contribution >= 0.6 is 0 Å². The first-order chi connectivity index (χ1) is 12.7. The quantitative estimate of drug-likeness (QED) is 0.620. The minimum absolute atomic E-state index is 0.652. The number of benzene rings is 1. The van der Waals surface area contributed by atoms with E-state index in [2.05, 4.69) is 44.2 Å². The van der Waals surface area contributed by atoms with Crippen molar-refractivity contribution < 1.29 is 0 Å². The standard InChI is InChI=1S/C22H22N4/c1-17(21-7-3-5-13-23-21)25-15-19-9-11-20(12-10-19)16-26-18(2)22-8-4-6-14-24-22/h3-14H,15-16H2,1-2H3. The molecule has 4 heteroatoms. The Morgan fingerprint density at radius 2 is 1.08 bits per heavy atom. The zero-order valence-corrected chi connectivity index (χ0v) is 15.1. The third-order valence-corrected chi connectivity index (χ3v) is 4.09. The topological polar surface area (TPSA) is 50.5 Å². The van der Waals surface area contributed by atoms with Crippen molar-refractivity contribution in [1.82, 2.24) is 9.97 Å². The summed E-state index contributed by atoms with van der Waals surface area (Å²) in [4.78, 5) is 17.9. The monoisotopic (exact) mass is 342 g/mol. The normalized spacial score (nSPS) is 12.2. The summed E-state index contributed by atoms with van der Waals surface area (Å²) < 4.78 is 0. The van der Waals surface area contributed by atoms with Crippen LogP contribution in [-0.4, -0.2) is 21.4 Å². The van der Waals surface area contributed by atoms with Crippen LogP contribution in [0.3, 0.4) is 0 Å². The van der Waals surface area contributed by atoms with Gasteiger partial charge in [0, 0.05) is 12.4 Å². The lowest BCUT2D eigenvalue weighted by atomic mass is 10.1. The van der Waals surface area contributed by atoms with Crippen molar-refractivity contribution >= 4 is 11.4 Å². The van der Waals surface area contributed by atoms with Gasteiger partial charge in [-0.15, -0.1) is 0 Å². The molecule has 0 radical (unpaired) electrons. The Hall–Kier alpha value is -3.14. The summed E-state index contributed by atoms with van der Waals surface area (Å²) in [5.74, 6) is 0. The van der Waals surface area contributed by atoms with Gasteiger partial charge in [0.05, 0.1) is 35.9 Å². The second-order valence-corrected chi connectivity index (χ2v) is 6.05. The minimum Gasteiger partial charge on any atom is -0.283 e. The minimum atomic E-state index is 0.652. The molecule has 0 amide bonds. The molecule has 0 fully saturated rings. The fourth-order valence-electron chi connectivity index (χ4n) is 2.49. The lowest BCUT2D eigenvalue weighted by Crippen LogP contribution is -1.99. The van der Waals surface area contributed by atoms with Gasteiger partial charge in [0.1, 0.15) is 0 Å². The van der Waals surface area contributed by atoms with Gasteiger partial charge in [0.2, 0.25) is 0 Å². The van der Waals surface area contributed by atoms with Crippen LogP contribution in [0.2, 0.25) is 0 Å². The van der Waals surface area contributed by atoms with E-state index in [4.69, 9.17) is 0 Å². The van der Waals surface area contributed by atoms with Crippen LogP contribution in [0.5, 0.6) is 0 Å². The molecule has 3 aromatic rings. The van der Waals surface area contributed by atoms with Crippen LogP contribution in [-0.2, 0) is 13.1 Å². The molecule has 0 aliphatic heterocycles. The highest BCUT2D eigenvalue weighted by molar-refractivity contribution is 5.97. The van der Waals surface area contributed by atoms with Crippen molar-refractivity contribution in [3.8, 4) is 0 Å². The Balaban J connectivity index is 1.60. The van der Waals surface area contributed by atoms with Crippen LogP contribution in [0.15, 0.2) is 83.0 Å². The molecular formula is C22H22N4. The Bertz CT molecular complexity index is 806. The molecule has 26 heavy (non-hydrogen) atoms. The Morgan fingerprint density at radius 3 is 1.42 bits per heavy atom. The maximum Gasteiger partial charge on any atom is 0.0837 e. The van der Waals surface area contributed by atoms with Crippen molar-refractivity contribution in [1.29, 1.82) is 0 Å². The van der Waals surface area contributed by atoms with Crippen LogP contribution < -0.4 is 0 Å². The molecular weight excluding hydrogens is 320 g/mol. The Kier molecular flexibility index (Phi) is 5.99. The summed E-state index contributed by atoms with van der Waals surface area (Å²) in [6.45, 7) is 5.29. The highest BCUT2D eigenvalue weighted by Gasteiger charge is 2.00. The summed E-state index contributed by atoms with van der Waals surface area (Å²) in [6.07, 6.45) is 3.58. The summed E-state index contributed by atoms with van der Waals surface area (Å²) in [7, 11) is 0. The molecule has 0 saturated carbocycles. The van der Waals surface area contributed by atoms with Crippen molar-refractivity contribution in [2.75, 3.05) is 0 Å². The largest absolute Gasteiger partial charge is 0.283 e. The number of rotatable bonds is 6. The molecule has 2 heterocycles. The van der Waals surface area contributed by atoms with Gasteiger partial charge in [-0.25, -0.2) is 0 Å². The molecule has 0 bridgehead atoms. The number of aromatic nitrogens is 2. The predicted octanol–water partition coefficient (Wildman–Crippen LogP) is 4.50. The van der Waals surface area contributed by atoms with E-state index in [-0.39, 0.29) is 0 Å². The van der Waals surface area contributed by atoms with E-state index in [1.54, 1.807) is 12.4 Å². The van der Waals surface area contributed by atoms with Gasteiger partial charge in [0.15, 0.2) is 0 Å². The molecule has 0 spiro atoms. The maximum absolute atomic E-state index is 4.63. The molecule has 4 nitrogen and oxygen atoms in total. The van der Waals surface area contributed by atoms with Crippen molar-refractivity contribution in [2.45, 2.75) is 26.9 Å². The number of nitrogens with zero attached hydrogens (tertiary/aromatic N) is 4. The number of hydrogen-bond donors (Lipinski definition) is 0. The number of hydrogen-bond acceptors (Lipinski definition) is 4. The van der Waals surface area contributed by atoms with E-state index in [1.165, 1.54) is 11.1 Å². The number of pyridine rings is 2. The first kappa shape index (κ1) is 17.7. The van der Waals surface area contributed by atoms with Crippen molar-refractivity contribution in [2.24, 2.45) is 9.98 Å². The maximum atomic E-state index is 4.63. The van der Waals surface area contributed by atoms with Crippen molar-refractivity contribution in [3.63, 3.8) is 0 Å². The molecule has 130 valence electrons. The van der Waals surface area contributed by atoms with Gasteiger partial charge >= 0.3 is 0 Å². The molecule has 0 atom stereocenters. The molecule has 0 saturated heterocycles. The summed E-state index contributed by atoms with van der Waals surface area (Å²) in [5.41, 5.74) is 6.09. The summed E-state index contributed by atoms with van der Waals surface area (Å²) in [6, 6.07) is 20.2. The van der Waals surface area contributed by atoms with Gasteiger partial charge < -0.3 is 0 Å². The van der Waals surface area contributed by atoms with Gasteiger partial charge in [-0.05, 0) is 49.2 Å². The van der Waals surface area contributed by atoms with Crippen molar-refractivity contribution in [3.05, 3.63) is 95.6 Å². The predicted molar refractivity (Wildman–Crippen MR) is 107 cm³/mol. The fraction of sp³-hybridized carbons (Fsp3) is 0.182. The highest BCUT2D eigenvalue weighted by Crippen LogP contribution is 2.09. The van der Waals surface area contributed by atoms with Crippen LogP contribution in [0.1, 0.15) is 36.4 Å². The van der Waals surface area contributed by atoms with Gasteiger partial charge in [-0.1, -0.05) is 36.4 Å². The molecule has 0 N–H and O–H groups in total. The van der Waals surface area contributed by atoms with E-state index < -0.39 is 0 Å². The molecule has 0 unspecified atom stereocenters. The number of aliphatic imine (C=N–C) groups is 2. The SMILES string of the molecule is CC(=NCc1ccc(CN=C(C)c2ccccn2)cc1)c1ccccn1. The zero-order chi connectivity index (χ0) is 18.2. The Morgan fingerprint density at radius 1 is 0.654 bits per heavy atom.